The Hall–Kier alpha value is -1.88. The van der Waals surface area contributed by atoms with Crippen LogP contribution in [0.5, 0.6) is 0 Å². The van der Waals surface area contributed by atoms with Crippen molar-refractivity contribution in [3.05, 3.63) is 30.0 Å². The fourth-order valence-corrected chi connectivity index (χ4v) is 2.60. The minimum atomic E-state index is 0.0995. The number of aromatic amines is 1. The van der Waals surface area contributed by atoms with E-state index in [0.29, 0.717) is 13.0 Å². The molecule has 5 nitrogen and oxygen atoms in total. The van der Waals surface area contributed by atoms with Gasteiger partial charge < -0.3 is 10.0 Å². The third-order valence-corrected chi connectivity index (χ3v) is 3.73. The van der Waals surface area contributed by atoms with Crippen LogP contribution in [0.4, 0.5) is 0 Å². The monoisotopic (exact) mass is 259 g/mol. The summed E-state index contributed by atoms with van der Waals surface area (Å²) < 4.78 is 0. The maximum absolute atomic E-state index is 11.7. The van der Waals surface area contributed by atoms with E-state index >= 15 is 0 Å². The molecule has 1 atom stereocenters. The number of hydrogen-bond donors (Lipinski definition) is 2. The molecule has 2 N–H and O–H groups in total. The molecule has 100 valence electrons. The molecule has 1 aromatic carbocycles. The van der Waals surface area contributed by atoms with Crippen molar-refractivity contribution in [3.8, 4) is 0 Å². The molecule has 1 aliphatic rings. The number of benzene rings is 1. The standard InChI is InChI=1S/C14H17N3O2/c18-9-11-6-14(19)17(8-11)4-3-10-1-2-12-7-15-16-13(12)5-10/h1-2,5,7,11,18H,3-4,6,8-9H2,(H,15,16). The molecule has 1 aliphatic heterocycles. The number of amides is 1. The second-order valence-corrected chi connectivity index (χ2v) is 5.13. The van der Waals surface area contributed by atoms with E-state index in [1.54, 1.807) is 6.20 Å². The highest BCUT2D eigenvalue weighted by atomic mass is 16.3. The van der Waals surface area contributed by atoms with Gasteiger partial charge in [-0.1, -0.05) is 12.1 Å². The van der Waals surface area contributed by atoms with Crippen LogP contribution in [-0.4, -0.2) is 45.8 Å². The van der Waals surface area contributed by atoms with Gasteiger partial charge in [0.25, 0.3) is 0 Å². The molecule has 0 spiro atoms. The number of carbonyl (C=O) groups is 1. The Morgan fingerprint density at radius 1 is 1.47 bits per heavy atom. The fraction of sp³-hybridized carbons (Fsp3) is 0.429. The Labute approximate surface area is 111 Å². The lowest BCUT2D eigenvalue weighted by Crippen LogP contribution is -2.27. The number of hydrogen-bond acceptors (Lipinski definition) is 3. The summed E-state index contributed by atoms with van der Waals surface area (Å²) in [6.07, 6.45) is 3.11. The van der Waals surface area contributed by atoms with Gasteiger partial charge in [-0.15, -0.1) is 0 Å². The quantitative estimate of drug-likeness (QED) is 0.858. The van der Waals surface area contributed by atoms with Gasteiger partial charge in [-0.25, -0.2) is 0 Å². The summed E-state index contributed by atoms with van der Waals surface area (Å²) in [4.78, 5) is 13.6. The number of nitrogens with one attached hydrogen (secondary N) is 1. The molecule has 2 aromatic rings. The van der Waals surface area contributed by atoms with Crippen molar-refractivity contribution >= 4 is 16.8 Å². The number of aliphatic hydroxyl groups excluding tert-OH is 1. The van der Waals surface area contributed by atoms with E-state index in [1.807, 2.05) is 11.0 Å². The van der Waals surface area contributed by atoms with Crippen molar-refractivity contribution in [3.63, 3.8) is 0 Å². The first-order valence-corrected chi connectivity index (χ1v) is 6.57. The Morgan fingerprint density at radius 2 is 2.37 bits per heavy atom. The van der Waals surface area contributed by atoms with Gasteiger partial charge in [-0.3, -0.25) is 9.89 Å². The van der Waals surface area contributed by atoms with Gasteiger partial charge in [-0.2, -0.15) is 5.10 Å². The van der Waals surface area contributed by atoms with Crippen molar-refractivity contribution < 1.29 is 9.90 Å². The predicted octanol–water partition coefficient (Wildman–Crippen LogP) is 0.946. The smallest absolute Gasteiger partial charge is 0.223 e. The van der Waals surface area contributed by atoms with E-state index in [-0.39, 0.29) is 18.4 Å². The maximum Gasteiger partial charge on any atom is 0.223 e. The van der Waals surface area contributed by atoms with Gasteiger partial charge >= 0.3 is 0 Å². The van der Waals surface area contributed by atoms with E-state index in [2.05, 4.69) is 22.3 Å². The van der Waals surface area contributed by atoms with Crippen LogP contribution in [0, 0.1) is 5.92 Å². The van der Waals surface area contributed by atoms with Crippen LogP contribution in [0.1, 0.15) is 12.0 Å². The number of H-pyrrole nitrogens is 1. The van der Waals surface area contributed by atoms with Crippen molar-refractivity contribution in [2.45, 2.75) is 12.8 Å². The SMILES string of the molecule is O=C1CC(CO)CN1CCc1ccc2cn[nH]c2c1. The molecule has 0 bridgehead atoms. The zero-order chi connectivity index (χ0) is 13.2. The van der Waals surface area contributed by atoms with Crippen molar-refractivity contribution in [2.24, 2.45) is 5.92 Å². The molecule has 1 unspecified atom stereocenters. The Morgan fingerprint density at radius 3 is 3.16 bits per heavy atom. The predicted molar refractivity (Wildman–Crippen MR) is 71.6 cm³/mol. The van der Waals surface area contributed by atoms with E-state index in [0.717, 1.165) is 23.9 Å². The zero-order valence-corrected chi connectivity index (χ0v) is 10.7. The van der Waals surface area contributed by atoms with Crippen LogP contribution in [-0.2, 0) is 11.2 Å². The number of rotatable bonds is 4. The summed E-state index contributed by atoms with van der Waals surface area (Å²) in [6, 6.07) is 6.19. The van der Waals surface area contributed by atoms with Crippen LogP contribution in [0.25, 0.3) is 10.9 Å². The van der Waals surface area contributed by atoms with Crippen LogP contribution < -0.4 is 0 Å². The minimum absolute atomic E-state index is 0.0995. The van der Waals surface area contributed by atoms with Gasteiger partial charge in [0.05, 0.1) is 11.7 Å². The average Bonchev–Trinajstić information content (AvgIpc) is 3.02. The summed E-state index contributed by atoms with van der Waals surface area (Å²) in [5, 5.41) is 17.1. The van der Waals surface area contributed by atoms with Crippen molar-refractivity contribution in [1.29, 1.82) is 0 Å². The molecule has 1 saturated heterocycles. The van der Waals surface area contributed by atoms with Gasteiger partial charge in [0.1, 0.15) is 0 Å². The molecule has 19 heavy (non-hydrogen) atoms. The van der Waals surface area contributed by atoms with Crippen LogP contribution in [0.2, 0.25) is 0 Å². The molecule has 1 aromatic heterocycles. The first kappa shape index (κ1) is 12.2. The minimum Gasteiger partial charge on any atom is -0.396 e. The summed E-state index contributed by atoms with van der Waals surface area (Å²) in [5.41, 5.74) is 2.22. The molecular weight excluding hydrogens is 242 g/mol. The van der Waals surface area contributed by atoms with E-state index < -0.39 is 0 Å². The number of fused-ring (bicyclic) bond motifs is 1. The molecule has 5 heteroatoms. The molecular formula is C14H17N3O2. The largest absolute Gasteiger partial charge is 0.396 e. The zero-order valence-electron chi connectivity index (χ0n) is 10.7. The number of carbonyl (C=O) groups excluding carboxylic acids is 1. The highest BCUT2D eigenvalue weighted by Gasteiger charge is 2.28. The second-order valence-electron chi connectivity index (χ2n) is 5.13. The molecule has 2 heterocycles. The van der Waals surface area contributed by atoms with Crippen molar-refractivity contribution in [2.75, 3.05) is 19.7 Å². The molecule has 3 rings (SSSR count). The highest BCUT2D eigenvalue weighted by molar-refractivity contribution is 5.79. The Kier molecular flexibility index (Phi) is 3.21. The Balaban J connectivity index is 1.64. The number of aliphatic hydroxyl groups is 1. The van der Waals surface area contributed by atoms with E-state index in [9.17, 15) is 4.79 Å². The van der Waals surface area contributed by atoms with Crippen LogP contribution in [0.3, 0.4) is 0 Å². The first-order valence-electron chi connectivity index (χ1n) is 6.57. The van der Waals surface area contributed by atoms with Crippen LogP contribution in [0.15, 0.2) is 24.4 Å². The topological polar surface area (TPSA) is 69.2 Å². The summed E-state index contributed by atoms with van der Waals surface area (Å²) in [6.45, 7) is 1.50. The third-order valence-electron chi connectivity index (χ3n) is 3.73. The summed E-state index contributed by atoms with van der Waals surface area (Å²) in [5.74, 6) is 0.268. The summed E-state index contributed by atoms with van der Waals surface area (Å²) >= 11 is 0. The van der Waals surface area contributed by atoms with E-state index in [4.69, 9.17) is 5.11 Å². The van der Waals surface area contributed by atoms with Crippen molar-refractivity contribution in [1.82, 2.24) is 15.1 Å². The third kappa shape index (κ3) is 2.46. The average molecular weight is 259 g/mol. The molecule has 0 saturated carbocycles. The molecule has 1 amide bonds. The van der Waals surface area contributed by atoms with Gasteiger partial charge in [0.2, 0.25) is 5.91 Å². The second kappa shape index (κ2) is 5.01. The van der Waals surface area contributed by atoms with Gasteiger partial charge in [0, 0.05) is 37.4 Å². The lowest BCUT2D eigenvalue weighted by atomic mass is 10.1. The number of nitrogens with zero attached hydrogens (tertiary/aromatic N) is 2. The van der Waals surface area contributed by atoms with Gasteiger partial charge in [0.15, 0.2) is 0 Å². The molecule has 0 aliphatic carbocycles. The summed E-state index contributed by atoms with van der Waals surface area (Å²) in [7, 11) is 0. The highest BCUT2D eigenvalue weighted by Crippen LogP contribution is 2.18. The van der Waals surface area contributed by atoms with E-state index in [1.165, 1.54) is 5.56 Å². The first-order chi connectivity index (χ1) is 9.26. The number of aromatic nitrogens is 2. The Bertz CT molecular complexity index is 593. The maximum atomic E-state index is 11.7. The lowest BCUT2D eigenvalue weighted by molar-refractivity contribution is -0.127. The lowest BCUT2D eigenvalue weighted by Gasteiger charge is -2.16. The van der Waals surface area contributed by atoms with Gasteiger partial charge in [-0.05, 0) is 18.1 Å². The fourth-order valence-electron chi connectivity index (χ4n) is 2.60. The van der Waals surface area contributed by atoms with Crippen LogP contribution >= 0.6 is 0 Å². The number of likely N-dealkylation sites (tertiary alicyclic amines) is 1. The molecule has 1 fully saturated rings. The molecule has 0 radical (unpaired) electrons. The normalized spacial score (nSPS) is 19.5.